The molecule has 3 aromatic rings. The van der Waals surface area contributed by atoms with Crippen LogP contribution in [0.5, 0.6) is 5.75 Å². The monoisotopic (exact) mass is 357 g/mol. The van der Waals surface area contributed by atoms with Crippen LogP contribution in [0.15, 0.2) is 89.7 Å². The fourth-order valence-electron chi connectivity index (χ4n) is 3.18. The topological polar surface area (TPSA) is 21.6 Å². The van der Waals surface area contributed by atoms with Gasteiger partial charge in [0.15, 0.2) is 0 Å². The van der Waals surface area contributed by atoms with Crippen molar-refractivity contribution in [1.29, 1.82) is 0 Å². The molecule has 27 heavy (non-hydrogen) atoms. The number of nitrogens with zero attached hydrogens (tertiary/aromatic N) is 1. The van der Waals surface area contributed by atoms with E-state index in [1.54, 1.807) is 0 Å². The van der Waals surface area contributed by atoms with Crippen LogP contribution < -0.4 is 4.74 Å². The number of allylic oxidation sites excluding steroid dienone is 1. The third-order valence-corrected chi connectivity index (χ3v) is 4.55. The summed E-state index contributed by atoms with van der Waals surface area (Å²) in [5.74, 6) is 0.492. The molecule has 0 saturated heterocycles. The fourth-order valence-corrected chi connectivity index (χ4v) is 3.18. The van der Waals surface area contributed by atoms with Crippen molar-refractivity contribution in [2.45, 2.75) is 13.0 Å². The zero-order valence-electron chi connectivity index (χ0n) is 14.9. The van der Waals surface area contributed by atoms with Crippen LogP contribution in [0.1, 0.15) is 22.3 Å². The lowest BCUT2D eigenvalue weighted by atomic mass is 9.96. The Balaban J connectivity index is 1.54. The van der Waals surface area contributed by atoms with Crippen LogP contribution in [-0.2, 0) is 13.0 Å². The van der Waals surface area contributed by atoms with Gasteiger partial charge >= 0.3 is 0 Å². The van der Waals surface area contributed by atoms with E-state index in [9.17, 15) is 4.39 Å². The van der Waals surface area contributed by atoms with Crippen LogP contribution in [0.4, 0.5) is 4.39 Å². The summed E-state index contributed by atoms with van der Waals surface area (Å²) in [6.45, 7) is 1.10. The molecule has 0 aliphatic carbocycles. The molecule has 3 aromatic carbocycles. The van der Waals surface area contributed by atoms with Crippen molar-refractivity contribution in [1.82, 2.24) is 0 Å². The van der Waals surface area contributed by atoms with Gasteiger partial charge in [-0.3, -0.25) is 4.99 Å². The average molecular weight is 357 g/mol. The molecule has 0 spiro atoms. The van der Waals surface area contributed by atoms with Gasteiger partial charge in [0.1, 0.15) is 23.9 Å². The van der Waals surface area contributed by atoms with Crippen molar-refractivity contribution < 1.29 is 9.13 Å². The molecule has 1 aliphatic rings. The quantitative estimate of drug-likeness (QED) is 0.581. The minimum absolute atomic E-state index is 0.305. The van der Waals surface area contributed by atoms with E-state index in [1.807, 2.05) is 78.9 Å². The normalized spacial score (nSPS) is 13.7. The molecule has 0 radical (unpaired) electrons. The summed E-state index contributed by atoms with van der Waals surface area (Å²) in [6.07, 6.45) is 2.33. The standard InChI is InChI=1S/C24H20FNO/c25-23(15-18-7-3-1-4-8-18)24-22-12-11-21(16-20(22)13-14-26-24)27-17-19-9-5-2-6-10-19/h1-12,15-16H,13-14,17H2/b23-15-. The van der Waals surface area contributed by atoms with Gasteiger partial charge in [0, 0.05) is 12.1 Å². The van der Waals surface area contributed by atoms with Crippen LogP contribution in [0.3, 0.4) is 0 Å². The van der Waals surface area contributed by atoms with E-state index < -0.39 is 0 Å². The number of hydrogen-bond donors (Lipinski definition) is 0. The van der Waals surface area contributed by atoms with Gasteiger partial charge in [-0.2, -0.15) is 0 Å². The smallest absolute Gasteiger partial charge is 0.149 e. The first-order valence-corrected chi connectivity index (χ1v) is 9.07. The molecule has 0 aromatic heterocycles. The summed E-state index contributed by atoms with van der Waals surface area (Å²) in [5, 5.41) is 0. The highest BCUT2D eigenvalue weighted by Crippen LogP contribution is 2.26. The van der Waals surface area contributed by atoms with E-state index >= 15 is 0 Å². The number of aliphatic imine (C=N–C) groups is 1. The largest absolute Gasteiger partial charge is 0.489 e. The second-order valence-corrected chi connectivity index (χ2v) is 6.48. The van der Waals surface area contributed by atoms with Gasteiger partial charge in [-0.1, -0.05) is 60.7 Å². The predicted octanol–water partition coefficient (Wildman–Crippen LogP) is 5.62. The van der Waals surface area contributed by atoms with Gasteiger partial charge in [-0.25, -0.2) is 4.39 Å². The molecule has 0 fully saturated rings. The highest BCUT2D eigenvalue weighted by molar-refractivity contribution is 6.14. The van der Waals surface area contributed by atoms with Crippen molar-refractivity contribution in [3.63, 3.8) is 0 Å². The Kier molecular flexibility index (Phi) is 5.10. The summed E-state index contributed by atoms with van der Waals surface area (Å²) < 4.78 is 20.7. The van der Waals surface area contributed by atoms with Crippen molar-refractivity contribution in [2.75, 3.05) is 6.54 Å². The molecule has 1 aliphatic heterocycles. The van der Waals surface area contributed by atoms with Crippen molar-refractivity contribution in [2.24, 2.45) is 4.99 Å². The van der Waals surface area contributed by atoms with Crippen molar-refractivity contribution >= 4 is 11.8 Å². The number of hydrogen-bond acceptors (Lipinski definition) is 2. The molecule has 3 heteroatoms. The average Bonchev–Trinajstić information content (AvgIpc) is 2.73. The molecule has 2 nitrogen and oxygen atoms in total. The van der Waals surface area contributed by atoms with Crippen LogP contribution in [0.2, 0.25) is 0 Å². The Morgan fingerprint density at radius 1 is 0.963 bits per heavy atom. The summed E-state index contributed by atoms with van der Waals surface area (Å²) in [7, 11) is 0. The number of ether oxygens (including phenoxy) is 1. The first kappa shape index (κ1) is 17.2. The maximum absolute atomic E-state index is 14.8. The maximum atomic E-state index is 14.8. The summed E-state index contributed by atoms with van der Waals surface area (Å²) in [6, 6.07) is 25.3. The van der Waals surface area contributed by atoms with Crippen LogP contribution in [0.25, 0.3) is 6.08 Å². The number of fused-ring (bicyclic) bond motifs is 1. The molecule has 0 amide bonds. The molecule has 1 heterocycles. The minimum atomic E-state index is -0.305. The predicted molar refractivity (Wildman–Crippen MR) is 108 cm³/mol. The molecule has 0 atom stereocenters. The van der Waals surface area contributed by atoms with Gasteiger partial charge < -0.3 is 4.74 Å². The van der Waals surface area contributed by atoms with E-state index in [2.05, 4.69) is 4.99 Å². The zero-order chi connectivity index (χ0) is 18.5. The lowest BCUT2D eigenvalue weighted by Gasteiger charge is -2.17. The molecule has 0 saturated carbocycles. The molecule has 0 N–H and O–H groups in total. The summed E-state index contributed by atoms with van der Waals surface area (Å²) >= 11 is 0. The van der Waals surface area contributed by atoms with Gasteiger partial charge in [-0.15, -0.1) is 0 Å². The lowest BCUT2D eigenvalue weighted by Crippen LogP contribution is -2.13. The molecule has 0 unspecified atom stereocenters. The minimum Gasteiger partial charge on any atom is -0.489 e. The Hall–Kier alpha value is -3.20. The Morgan fingerprint density at radius 3 is 2.48 bits per heavy atom. The number of rotatable bonds is 5. The lowest BCUT2D eigenvalue weighted by molar-refractivity contribution is 0.306. The van der Waals surface area contributed by atoms with Gasteiger partial charge in [0.2, 0.25) is 0 Å². The molecular weight excluding hydrogens is 337 g/mol. The van der Waals surface area contributed by atoms with Crippen molar-refractivity contribution in [3.8, 4) is 5.75 Å². The third-order valence-electron chi connectivity index (χ3n) is 4.55. The van der Waals surface area contributed by atoms with Crippen molar-refractivity contribution in [3.05, 3.63) is 107 Å². The number of benzene rings is 3. The third kappa shape index (κ3) is 4.14. The highest BCUT2D eigenvalue weighted by atomic mass is 19.1. The fraction of sp³-hybridized carbons (Fsp3) is 0.125. The first-order chi connectivity index (χ1) is 13.3. The summed E-state index contributed by atoms with van der Waals surface area (Å²) in [4.78, 5) is 4.42. The zero-order valence-corrected chi connectivity index (χ0v) is 14.9. The number of halogens is 1. The second-order valence-electron chi connectivity index (χ2n) is 6.48. The maximum Gasteiger partial charge on any atom is 0.149 e. The van der Waals surface area contributed by atoms with Crippen LogP contribution in [0, 0.1) is 0 Å². The van der Waals surface area contributed by atoms with E-state index in [0.717, 1.165) is 34.4 Å². The Morgan fingerprint density at radius 2 is 1.70 bits per heavy atom. The summed E-state index contributed by atoms with van der Waals surface area (Å²) in [5.41, 5.74) is 4.29. The van der Waals surface area contributed by atoms with E-state index in [-0.39, 0.29) is 5.83 Å². The van der Waals surface area contributed by atoms with E-state index in [0.29, 0.717) is 18.9 Å². The molecule has 134 valence electrons. The van der Waals surface area contributed by atoms with Crippen LogP contribution >= 0.6 is 0 Å². The SMILES string of the molecule is F/C(=C\c1ccccc1)C1=NCCc2cc(OCc3ccccc3)ccc21. The van der Waals surface area contributed by atoms with Crippen LogP contribution in [-0.4, -0.2) is 12.3 Å². The van der Waals surface area contributed by atoms with Gasteiger partial charge in [0.25, 0.3) is 0 Å². The molecule has 0 bridgehead atoms. The van der Waals surface area contributed by atoms with Gasteiger partial charge in [0.05, 0.1) is 0 Å². The Bertz CT molecular complexity index is 978. The highest BCUT2D eigenvalue weighted by Gasteiger charge is 2.18. The van der Waals surface area contributed by atoms with E-state index in [4.69, 9.17) is 4.74 Å². The molecular formula is C24H20FNO. The molecule has 4 rings (SSSR count). The van der Waals surface area contributed by atoms with Gasteiger partial charge in [-0.05, 0) is 47.4 Å². The second kappa shape index (κ2) is 8.00. The van der Waals surface area contributed by atoms with E-state index in [1.165, 1.54) is 6.08 Å². The first-order valence-electron chi connectivity index (χ1n) is 9.07. The Labute approximate surface area is 158 Å².